The number of rotatable bonds is 5. The van der Waals surface area contributed by atoms with Crippen LogP contribution < -0.4 is 0 Å². The van der Waals surface area contributed by atoms with Crippen LogP contribution >= 0.6 is 0 Å². The van der Waals surface area contributed by atoms with Crippen molar-refractivity contribution in [3.63, 3.8) is 0 Å². The zero-order valence-electron chi connectivity index (χ0n) is 13.3. The van der Waals surface area contributed by atoms with Gasteiger partial charge in [0.05, 0.1) is 12.9 Å². The molecule has 1 atom stereocenters. The second kappa shape index (κ2) is 6.70. The first-order valence-electron chi connectivity index (χ1n) is 8.26. The minimum atomic E-state index is -0.773. The van der Waals surface area contributed by atoms with E-state index in [1.54, 1.807) is 12.5 Å². The Labute approximate surface area is 135 Å². The maximum atomic E-state index is 12.2. The highest BCUT2D eigenvalue weighted by Gasteiger charge is 2.41. The number of amides is 1. The molecule has 2 saturated heterocycles. The smallest absolute Gasteiger partial charge is 0.317 e. The quantitative estimate of drug-likeness (QED) is 0.835. The lowest BCUT2D eigenvalue weighted by molar-refractivity contribution is -0.143. The second-order valence-corrected chi connectivity index (χ2v) is 6.85. The van der Waals surface area contributed by atoms with Crippen molar-refractivity contribution in [3.05, 3.63) is 18.2 Å². The number of aromatic amines is 1. The van der Waals surface area contributed by atoms with E-state index in [1.165, 1.54) is 0 Å². The van der Waals surface area contributed by atoms with Gasteiger partial charge in [0.2, 0.25) is 5.91 Å². The fourth-order valence-electron chi connectivity index (χ4n) is 3.95. The number of carbonyl (C=O) groups is 2. The molecular weight excluding hydrogens is 296 g/mol. The van der Waals surface area contributed by atoms with Gasteiger partial charge in [-0.3, -0.25) is 14.5 Å². The Hall–Kier alpha value is -1.89. The molecule has 1 aromatic rings. The molecule has 1 aromatic heterocycles. The Kier molecular flexibility index (Phi) is 4.66. The SMILES string of the molecule is O=C(O)CN1CCCC2(CCC(=O)N(CCc3cnc[nH]3)C2)C1. The van der Waals surface area contributed by atoms with Crippen molar-refractivity contribution >= 4 is 11.9 Å². The zero-order chi connectivity index (χ0) is 16.3. The summed E-state index contributed by atoms with van der Waals surface area (Å²) in [6, 6.07) is 0. The third kappa shape index (κ3) is 3.90. The summed E-state index contributed by atoms with van der Waals surface area (Å²) in [7, 11) is 0. The van der Waals surface area contributed by atoms with Gasteiger partial charge < -0.3 is 15.0 Å². The molecule has 0 radical (unpaired) electrons. The van der Waals surface area contributed by atoms with Crippen LogP contribution in [-0.4, -0.2) is 69.5 Å². The topological polar surface area (TPSA) is 89.5 Å². The molecule has 1 unspecified atom stereocenters. The summed E-state index contributed by atoms with van der Waals surface area (Å²) in [5.41, 5.74) is 1.10. The van der Waals surface area contributed by atoms with Crippen LogP contribution in [-0.2, 0) is 16.0 Å². The summed E-state index contributed by atoms with van der Waals surface area (Å²) in [5, 5.41) is 9.02. The number of hydrogen-bond acceptors (Lipinski definition) is 4. The summed E-state index contributed by atoms with van der Waals surface area (Å²) in [6.45, 7) is 3.17. The maximum absolute atomic E-state index is 12.2. The Bertz CT molecular complexity index is 560. The lowest BCUT2D eigenvalue weighted by atomic mass is 9.73. The van der Waals surface area contributed by atoms with Crippen LogP contribution in [0, 0.1) is 5.41 Å². The third-order valence-corrected chi connectivity index (χ3v) is 5.05. The largest absolute Gasteiger partial charge is 0.480 e. The first-order valence-corrected chi connectivity index (χ1v) is 8.26. The monoisotopic (exact) mass is 320 g/mol. The Morgan fingerprint density at radius 3 is 3.00 bits per heavy atom. The number of hydrogen-bond donors (Lipinski definition) is 2. The van der Waals surface area contributed by atoms with E-state index >= 15 is 0 Å². The molecule has 3 heterocycles. The van der Waals surface area contributed by atoms with E-state index in [0.717, 1.165) is 51.0 Å². The molecule has 3 rings (SSSR count). The number of aliphatic carboxylic acids is 1. The number of carbonyl (C=O) groups excluding carboxylic acids is 1. The number of carboxylic acid groups (broad SMARTS) is 1. The molecule has 7 nitrogen and oxygen atoms in total. The van der Waals surface area contributed by atoms with Gasteiger partial charge in [-0.15, -0.1) is 0 Å². The van der Waals surface area contributed by atoms with E-state index in [0.29, 0.717) is 13.0 Å². The van der Waals surface area contributed by atoms with Crippen LogP contribution in [0.1, 0.15) is 31.4 Å². The minimum absolute atomic E-state index is 0.0651. The van der Waals surface area contributed by atoms with Gasteiger partial charge >= 0.3 is 5.97 Å². The summed E-state index contributed by atoms with van der Waals surface area (Å²) in [5.74, 6) is -0.560. The fourth-order valence-corrected chi connectivity index (χ4v) is 3.95. The van der Waals surface area contributed by atoms with Gasteiger partial charge in [-0.05, 0) is 25.8 Å². The average Bonchev–Trinajstić information content (AvgIpc) is 3.01. The number of imidazole rings is 1. The Balaban J connectivity index is 1.61. The molecule has 0 saturated carbocycles. The average molecular weight is 320 g/mol. The van der Waals surface area contributed by atoms with Gasteiger partial charge in [0.25, 0.3) is 0 Å². The Morgan fingerprint density at radius 1 is 1.39 bits per heavy atom. The number of H-pyrrole nitrogens is 1. The molecule has 0 bridgehead atoms. The van der Waals surface area contributed by atoms with Gasteiger partial charge in [0.1, 0.15) is 0 Å². The van der Waals surface area contributed by atoms with Gasteiger partial charge in [-0.25, -0.2) is 4.98 Å². The number of piperidine rings is 2. The van der Waals surface area contributed by atoms with Crippen LogP contribution in [0.2, 0.25) is 0 Å². The summed E-state index contributed by atoms with van der Waals surface area (Å²) in [4.78, 5) is 34.3. The van der Waals surface area contributed by atoms with Crippen molar-refractivity contribution in [1.29, 1.82) is 0 Å². The molecule has 1 amide bonds. The van der Waals surface area contributed by atoms with E-state index in [4.69, 9.17) is 5.11 Å². The van der Waals surface area contributed by atoms with E-state index in [2.05, 4.69) is 9.97 Å². The predicted molar refractivity (Wildman–Crippen MR) is 83.8 cm³/mol. The van der Waals surface area contributed by atoms with Crippen LogP contribution in [0.4, 0.5) is 0 Å². The molecular formula is C16H24N4O3. The summed E-state index contributed by atoms with van der Waals surface area (Å²) >= 11 is 0. The van der Waals surface area contributed by atoms with Crippen molar-refractivity contribution in [2.24, 2.45) is 5.41 Å². The molecule has 0 aromatic carbocycles. The standard InChI is InChI=1S/C16H24N4O3/c21-14-2-5-16(4-1-6-19(10-16)9-15(22)23)11-20(14)7-3-13-8-17-12-18-13/h8,12H,1-7,9-11H2,(H,17,18)(H,22,23). The fraction of sp³-hybridized carbons (Fsp3) is 0.688. The van der Waals surface area contributed by atoms with E-state index < -0.39 is 5.97 Å². The molecule has 2 aliphatic rings. The molecule has 23 heavy (non-hydrogen) atoms. The molecule has 2 fully saturated rings. The van der Waals surface area contributed by atoms with Gasteiger partial charge in [0, 0.05) is 49.8 Å². The second-order valence-electron chi connectivity index (χ2n) is 6.85. The molecule has 126 valence electrons. The van der Waals surface area contributed by atoms with Crippen molar-refractivity contribution < 1.29 is 14.7 Å². The number of nitrogens with one attached hydrogen (secondary N) is 1. The van der Waals surface area contributed by atoms with Gasteiger partial charge in [-0.1, -0.05) is 0 Å². The number of carboxylic acids is 1. The van der Waals surface area contributed by atoms with E-state index in [-0.39, 0.29) is 17.9 Å². The van der Waals surface area contributed by atoms with Gasteiger partial charge in [-0.2, -0.15) is 0 Å². The lowest BCUT2D eigenvalue weighted by Crippen LogP contribution is -2.54. The van der Waals surface area contributed by atoms with E-state index in [1.807, 2.05) is 9.80 Å². The predicted octanol–water partition coefficient (Wildman–Crippen LogP) is 0.741. The number of likely N-dealkylation sites (tertiary alicyclic amines) is 2. The minimum Gasteiger partial charge on any atom is -0.480 e. The lowest BCUT2D eigenvalue weighted by Gasteiger charge is -2.48. The van der Waals surface area contributed by atoms with Crippen LogP contribution in [0.3, 0.4) is 0 Å². The van der Waals surface area contributed by atoms with Crippen LogP contribution in [0.15, 0.2) is 12.5 Å². The third-order valence-electron chi connectivity index (χ3n) is 5.05. The zero-order valence-corrected chi connectivity index (χ0v) is 13.3. The maximum Gasteiger partial charge on any atom is 0.317 e. The number of aromatic nitrogens is 2. The highest BCUT2D eigenvalue weighted by molar-refractivity contribution is 5.77. The van der Waals surface area contributed by atoms with Crippen LogP contribution in [0.5, 0.6) is 0 Å². The van der Waals surface area contributed by atoms with Crippen molar-refractivity contribution in [1.82, 2.24) is 19.8 Å². The Morgan fingerprint density at radius 2 is 2.26 bits per heavy atom. The molecule has 2 aliphatic heterocycles. The number of nitrogens with zero attached hydrogens (tertiary/aromatic N) is 3. The van der Waals surface area contributed by atoms with Crippen molar-refractivity contribution in [2.75, 3.05) is 32.7 Å². The van der Waals surface area contributed by atoms with E-state index in [9.17, 15) is 9.59 Å². The first kappa shape index (κ1) is 16.0. The summed E-state index contributed by atoms with van der Waals surface area (Å²) < 4.78 is 0. The molecule has 7 heteroatoms. The molecule has 2 N–H and O–H groups in total. The van der Waals surface area contributed by atoms with Crippen LogP contribution in [0.25, 0.3) is 0 Å². The highest BCUT2D eigenvalue weighted by atomic mass is 16.4. The van der Waals surface area contributed by atoms with Crippen molar-refractivity contribution in [3.8, 4) is 0 Å². The van der Waals surface area contributed by atoms with Crippen molar-refractivity contribution in [2.45, 2.75) is 32.1 Å². The normalized spacial score (nSPS) is 25.9. The molecule has 0 aliphatic carbocycles. The first-order chi connectivity index (χ1) is 11.1. The van der Waals surface area contributed by atoms with Gasteiger partial charge in [0.15, 0.2) is 0 Å². The highest BCUT2D eigenvalue weighted by Crippen LogP contribution is 2.38. The molecule has 1 spiro atoms. The summed E-state index contributed by atoms with van der Waals surface area (Å²) in [6.07, 6.45) is 7.76.